The quantitative estimate of drug-likeness (QED) is 0.680. The molecule has 0 saturated heterocycles. The topological polar surface area (TPSA) is 65.8 Å². The molecule has 0 atom stereocenters. The van der Waals surface area contributed by atoms with Crippen LogP contribution in [0.15, 0.2) is 47.5 Å². The number of aromatic nitrogens is 1. The summed E-state index contributed by atoms with van der Waals surface area (Å²) in [4.78, 5) is 16.9. The molecule has 1 N–H and O–H groups in total. The Balaban J connectivity index is 1.80. The van der Waals surface area contributed by atoms with Gasteiger partial charge >= 0.3 is 0 Å². The molecule has 0 radical (unpaired) electrons. The van der Waals surface area contributed by atoms with Gasteiger partial charge in [0, 0.05) is 11.1 Å². The van der Waals surface area contributed by atoms with E-state index in [0.29, 0.717) is 10.6 Å². The Hall–Kier alpha value is -2.84. The van der Waals surface area contributed by atoms with Crippen molar-refractivity contribution in [1.82, 2.24) is 4.98 Å². The molecular formula is C21H19N3OS. The largest absolute Gasteiger partial charge is 0.325 e. The van der Waals surface area contributed by atoms with Gasteiger partial charge < -0.3 is 5.32 Å². The molecule has 0 unspecified atom stereocenters. The van der Waals surface area contributed by atoms with Crippen LogP contribution in [0, 0.1) is 32.1 Å². The lowest BCUT2D eigenvalue weighted by Crippen LogP contribution is -2.14. The maximum Gasteiger partial charge on any atom is 0.234 e. The monoisotopic (exact) mass is 361 g/mol. The molecule has 0 aliphatic heterocycles. The highest BCUT2D eigenvalue weighted by Crippen LogP contribution is 2.27. The van der Waals surface area contributed by atoms with Crippen LogP contribution in [0.4, 0.5) is 5.69 Å². The zero-order chi connectivity index (χ0) is 18.7. The Morgan fingerprint density at radius 3 is 2.69 bits per heavy atom. The van der Waals surface area contributed by atoms with Crippen molar-refractivity contribution >= 4 is 34.3 Å². The predicted molar refractivity (Wildman–Crippen MR) is 106 cm³/mol. The van der Waals surface area contributed by atoms with Gasteiger partial charge in [0.1, 0.15) is 11.1 Å². The molecule has 1 aromatic heterocycles. The Morgan fingerprint density at radius 2 is 1.96 bits per heavy atom. The zero-order valence-corrected chi connectivity index (χ0v) is 15.8. The van der Waals surface area contributed by atoms with E-state index in [1.54, 1.807) is 0 Å². The fourth-order valence-corrected chi connectivity index (χ4v) is 3.63. The van der Waals surface area contributed by atoms with Gasteiger partial charge in [0.25, 0.3) is 0 Å². The molecule has 0 aliphatic rings. The highest BCUT2D eigenvalue weighted by Gasteiger charge is 2.12. The van der Waals surface area contributed by atoms with Gasteiger partial charge in [-0.05, 0) is 56.2 Å². The number of carbonyl (C=O) groups excluding carboxylic acids is 1. The van der Waals surface area contributed by atoms with Crippen molar-refractivity contribution in [3.63, 3.8) is 0 Å². The van der Waals surface area contributed by atoms with Crippen LogP contribution in [0.5, 0.6) is 0 Å². The molecule has 1 amide bonds. The second-order valence-corrected chi connectivity index (χ2v) is 7.28. The molecular weight excluding hydrogens is 342 g/mol. The van der Waals surface area contributed by atoms with Gasteiger partial charge in [-0.25, -0.2) is 4.98 Å². The second kappa shape index (κ2) is 7.59. The molecule has 130 valence electrons. The van der Waals surface area contributed by atoms with Crippen LogP contribution in [0.2, 0.25) is 0 Å². The number of fused-ring (bicyclic) bond motifs is 1. The molecule has 0 saturated carbocycles. The number of hydrogen-bond acceptors (Lipinski definition) is 4. The van der Waals surface area contributed by atoms with Crippen LogP contribution in [-0.4, -0.2) is 16.6 Å². The number of rotatable bonds is 4. The fraction of sp³-hybridized carbons (Fsp3) is 0.190. The minimum absolute atomic E-state index is 0.119. The van der Waals surface area contributed by atoms with Crippen molar-refractivity contribution in [2.75, 3.05) is 11.1 Å². The summed E-state index contributed by atoms with van der Waals surface area (Å²) >= 11 is 1.29. The van der Waals surface area contributed by atoms with Crippen molar-refractivity contribution in [2.45, 2.75) is 25.8 Å². The number of amides is 1. The fourth-order valence-electron chi connectivity index (χ4n) is 2.88. The van der Waals surface area contributed by atoms with Gasteiger partial charge in [-0.3, -0.25) is 4.79 Å². The second-order valence-electron chi connectivity index (χ2n) is 6.31. The molecule has 3 aromatic rings. The molecule has 0 bridgehead atoms. The number of pyridine rings is 1. The molecule has 2 aromatic carbocycles. The molecule has 4 nitrogen and oxygen atoms in total. The van der Waals surface area contributed by atoms with Gasteiger partial charge in [-0.15, -0.1) is 0 Å². The van der Waals surface area contributed by atoms with E-state index < -0.39 is 0 Å². The van der Waals surface area contributed by atoms with Crippen molar-refractivity contribution in [1.29, 1.82) is 5.26 Å². The Labute approximate surface area is 157 Å². The molecule has 0 fully saturated rings. The summed E-state index contributed by atoms with van der Waals surface area (Å²) in [6.45, 7) is 6.01. The van der Waals surface area contributed by atoms with E-state index in [0.717, 1.165) is 33.3 Å². The van der Waals surface area contributed by atoms with Crippen molar-refractivity contribution in [3.05, 3.63) is 64.7 Å². The normalized spacial score (nSPS) is 10.5. The van der Waals surface area contributed by atoms with E-state index in [1.165, 1.54) is 11.8 Å². The van der Waals surface area contributed by atoms with Gasteiger partial charge in [-0.2, -0.15) is 5.26 Å². The molecule has 0 spiro atoms. The smallest absolute Gasteiger partial charge is 0.234 e. The SMILES string of the molecule is Cc1cccc(NC(=O)CSc2nc3c(C)cc(C)cc3cc2C#N)c1. The summed E-state index contributed by atoms with van der Waals surface area (Å²) < 4.78 is 0. The van der Waals surface area contributed by atoms with Crippen molar-refractivity contribution in [3.8, 4) is 6.07 Å². The first-order chi connectivity index (χ1) is 12.5. The third-order valence-electron chi connectivity index (χ3n) is 3.98. The number of thioether (sulfide) groups is 1. The van der Waals surface area contributed by atoms with Crippen LogP contribution in [-0.2, 0) is 4.79 Å². The molecule has 5 heteroatoms. The number of nitriles is 1. The summed E-state index contributed by atoms with van der Waals surface area (Å²) in [5.74, 6) is 0.0819. The number of benzene rings is 2. The molecule has 26 heavy (non-hydrogen) atoms. The van der Waals surface area contributed by atoms with Crippen molar-refractivity contribution < 1.29 is 4.79 Å². The van der Waals surface area contributed by atoms with E-state index in [9.17, 15) is 10.1 Å². The first kappa shape index (κ1) is 18.0. The highest BCUT2D eigenvalue weighted by molar-refractivity contribution is 8.00. The van der Waals surface area contributed by atoms with Crippen LogP contribution in [0.3, 0.4) is 0 Å². The molecule has 3 rings (SSSR count). The Morgan fingerprint density at radius 1 is 1.15 bits per heavy atom. The predicted octanol–water partition coefficient (Wildman–Crippen LogP) is 4.76. The Bertz CT molecular complexity index is 1040. The third kappa shape index (κ3) is 4.04. The first-order valence-corrected chi connectivity index (χ1v) is 9.26. The average molecular weight is 361 g/mol. The zero-order valence-electron chi connectivity index (χ0n) is 15.0. The number of nitrogens with one attached hydrogen (secondary N) is 1. The van der Waals surface area contributed by atoms with Gasteiger partial charge in [0.05, 0.1) is 16.8 Å². The van der Waals surface area contributed by atoms with Gasteiger partial charge in [0.15, 0.2) is 0 Å². The Kier molecular flexibility index (Phi) is 5.24. The number of aryl methyl sites for hydroxylation is 3. The minimum atomic E-state index is -0.119. The van der Waals surface area contributed by atoms with Crippen molar-refractivity contribution in [2.24, 2.45) is 0 Å². The van der Waals surface area contributed by atoms with E-state index in [4.69, 9.17) is 0 Å². The molecule has 0 aliphatic carbocycles. The number of nitrogens with zero attached hydrogens (tertiary/aromatic N) is 2. The van der Waals surface area contributed by atoms with Gasteiger partial charge in [0.2, 0.25) is 5.91 Å². The summed E-state index contributed by atoms with van der Waals surface area (Å²) in [6, 6.07) is 15.8. The van der Waals surface area contributed by atoms with E-state index in [-0.39, 0.29) is 11.7 Å². The van der Waals surface area contributed by atoms with E-state index in [1.807, 2.05) is 57.2 Å². The standard InChI is InChI=1S/C21H19N3OS/c1-13-5-4-6-18(9-13)23-19(25)12-26-21-17(11-22)10-16-8-14(2)7-15(3)20(16)24-21/h4-10H,12H2,1-3H3,(H,23,25). The summed E-state index contributed by atoms with van der Waals surface area (Å²) in [7, 11) is 0. The first-order valence-electron chi connectivity index (χ1n) is 8.27. The lowest BCUT2D eigenvalue weighted by molar-refractivity contribution is -0.113. The molecule has 1 heterocycles. The number of hydrogen-bond donors (Lipinski definition) is 1. The maximum absolute atomic E-state index is 12.2. The summed E-state index contributed by atoms with van der Waals surface area (Å²) in [5, 5.41) is 13.9. The van der Waals surface area contributed by atoms with Gasteiger partial charge in [-0.1, -0.05) is 35.5 Å². The maximum atomic E-state index is 12.2. The third-order valence-corrected chi connectivity index (χ3v) is 4.97. The highest BCUT2D eigenvalue weighted by atomic mass is 32.2. The van der Waals surface area contributed by atoms with Crippen LogP contribution in [0.1, 0.15) is 22.3 Å². The van der Waals surface area contributed by atoms with Crippen LogP contribution < -0.4 is 5.32 Å². The number of carbonyl (C=O) groups is 1. The lowest BCUT2D eigenvalue weighted by atomic mass is 10.1. The average Bonchev–Trinajstić information content (AvgIpc) is 2.59. The summed E-state index contributed by atoms with van der Waals surface area (Å²) in [5.41, 5.74) is 5.43. The minimum Gasteiger partial charge on any atom is -0.325 e. The lowest BCUT2D eigenvalue weighted by Gasteiger charge is -2.09. The number of anilines is 1. The summed E-state index contributed by atoms with van der Waals surface area (Å²) in [6.07, 6.45) is 0. The van der Waals surface area contributed by atoms with E-state index in [2.05, 4.69) is 22.4 Å². The van der Waals surface area contributed by atoms with E-state index >= 15 is 0 Å². The van der Waals surface area contributed by atoms with Crippen LogP contribution in [0.25, 0.3) is 10.9 Å². The van der Waals surface area contributed by atoms with Crippen LogP contribution >= 0.6 is 11.8 Å².